The van der Waals surface area contributed by atoms with E-state index in [4.69, 9.17) is 9.15 Å². The molecule has 0 fully saturated rings. The third-order valence-corrected chi connectivity index (χ3v) is 2.02. The lowest BCUT2D eigenvalue weighted by atomic mass is 10.1. The summed E-state index contributed by atoms with van der Waals surface area (Å²) in [6.07, 6.45) is 1.44. The third-order valence-electron chi connectivity index (χ3n) is 2.02. The first-order valence-electron chi connectivity index (χ1n) is 5.56. The van der Waals surface area contributed by atoms with Crippen molar-refractivity contribution < 1.29 is 9.15 Å². The topological polar surface area (TPSA) is 60.2 Å². The Labute approximate surface area is 96.6 Å². The van der Waals surface area contributed by atoms with Crippen molar-refractivity contribution in [2.75, 3.05) is 20.3 Å². The fourth-order valence-electron chi connectivity index (χ4n) is 1.22. The Morgan fingerprint density at radius 3 is 2.38 bits per heavy atom. The van der Waals surface area contributed by atoms with Crippen LogP contribution in [0.1, 0.15) is 32.6 Å². The van der Waals surface area contributed by atoms with E-state index in [0.717, 1.165) is 13.0 Å². The highest BCUT2D eigenvalue weighted by Gasteiger charge is 2.10. The Hall–Kier alpha value is -0.940. The molecular weight excluding hydrogens is 206 g/mol. The lowest BCUT2D eigenvalue weighted by Gasteiger charge is -2.19. The summed E-state index contributed by atoms with van der Waals surface area (Å²) < 4.78 is 10.4. The number of methoxy groups -OCH3 is 1. The lowest BCUT2D eigenvalue weighted by Crippen LogP contribution is -2.37. The second kappa shape index (κ2) is 5.96. The van der Waals surface area contributed by atoms with Crippen molar-refractivity contribution in [2.24, 2.45) is 0 Å². The standard InChI is InChI=1S/C11H21N3O2/c1-11(2,3)12-7-5-9-13-14-10(16-9)6-8-15-4/h12H,5-8H2,1-4H3. The van der Waals surface area contributed by atoms with Crippen LogP contribution < -0.4 is 5.32 Å². The first-order valence-corrected chi connectivity index (χ1v) is 5.56. The molecule has 0 unspecified atom stereocenters. The number of nitrogens with zero attached hydrogens (tertiary/aromatic N) is 2. The first-order chi connectivity index (χ1) is 7.51. The maximum absolute atomic E-state index is 5.46. The van der Waals surface area contributed by atoms with Crippen molar-refractivity contribution in [2.45, 2.75) is 39.2 Å². The average molecular weight is 227 g/mol. The number of hydrogen-bond donors (Lipinski definition) is 1. The van der Waals surface area contributed by atoms with Crippen molar-refractivity contribution in [3.8, 4) is 0 Å². The van der Waals surface area contributed by atoms with Crippen LogP contribution in [0.5, 0.6) is 0 Å². The van der Waals surface area contributed by atoms with E-state index < -0.39 is 0 Å². The van der Waals surface area contributed by atoms with Crippen molar-refractivity contribution >= 4 is 0 Å². The van der Waals surface area contributed by atoms with Crippen molar-refractivity contribution in [3.63, 3.8) is 0 Å². The maximum Gasteiger partial charge on any atom is 0.218 e. The number of hydrogen-bond acceptors (Lipinski definition) is 5. The highest BCUT2D eigenvalue weighted by molar-refractivity contribution is 4.84. The molecule has 0 spiro atoms. The van der Waals surface area contributed by atoms with Crippen LogP contribution in [0.2, 0.25) is 0 Å². The van der Waals surface area contributed by atoms with Crippen LogP contribution in [0.15, 0.2) is 4.42 Å². The van der Waals surface area contributed by atoms with Crippen molar-refractivity contribution in [3.05, 3.63) is 11.8 Å². The molecule has 1 rings (SSSR count). The monoisotopic (exact) mass is 227 g/mol. The van der Waals surface area contributed by atoms with Crippen molar-refractivity contribution in [1.82, 2.24) is 15.5 Å². The van der Waals surface area contributed by atoms with E-state index in [2.05, 4.69) is 36.3 Å². The van der Waals surface area contributed by atoms with Crippen LogP contribution in [0.3, 0.4) is 0 Å². The first kappa shape index (κ1) is 13.1. The second-order valence-corrected chi connectivity index (χ2v) is 4.76. The fraction of sp³-hybridized carbons (Fsp3) is 0.818. The van der Waals surface area contributed by atoms with Gasteiger partial charge >= 0.3 is 0 Å². The SMILES string of the molecule is COCCc1nnc(CCNC(C)(C)C)o1. The molecule has 16 heavy (non-hydrogen) atoms. The molecular formula is C11H21N3O2. The molecule has 92 valence electrons. The van der Waals surface area contributed by atoms with Crippen LogP contribution in [0.4, 0.5) is 0 Å². The van der Waals surface area contributed by atoms with Gasteiger partial charge in [-0.3, -0.25) is 0 Å². The van der Waals surface area contributed by atoms with Gasteiger partial charge < -0.3 is 14.5 Å². The molecule has 0 amide bonds. The predicted molar refractivity (Wildman–Crippen MR) is 61.3 cm³/mol. The van der Waals surface area contributed by atoms with Gasteiger partial charge in [0.2, 0.25) is 11.8 Å². The smallest absolute Gasteiger partial charge is 0.218 e. The molecule has 0 saturated carbocycles. The van der Waals surface area contributed by atoms with Crippen LogP contribution in [-0.2, 0) is 17.6 Å². The second-order valence-electron chi connectivity index (χ2n) is 4.76. The minimum atomic E-state index is 0.124. The van der Waals surface area contributed by atoms with E-state index in [1.54, 1.807) is 7.11 Å². The molecule has 5 heteroatoms. The van der Waals surface area contributed by atoms with Gasteiger partial charge in [-0.05, 0) is 20.8 Å². The number of aromatic nitrogens is 2. The molecule has 0 aliphatic heterocycles. The zero-order valence-electron chi connectivity index (χ0n) is 10.5. The van der Waals surface area contributed by atoms with Crippen LogP contribution in [0.25, 0.3) is 0 Å². The Morgan fingerprint density at radius 1 is 1.19 bits per heavy atom. The average Bonchev–Trinajstić information content (AvgIpc) is 2.61. The Morgan fingerprint density at radius 2 is 1.81 bits per heavy atom. The van der Waals surface area contributed by atoms with E-state index in [-0.39, 0.29) is 5.54 Å². The van der Waals surface area contributed by atoms with Crippen LogP contribution >= 0.6 is 0 Å². The summed E-state index contributed by atoms with van der Waals surface area (Å²) >= 11 is 0. The number of nitrogens with one attached hydrogen (secondary N) is 1. The van der Waals surface area contributed by atoms with E-state index in [1.165, 1.54) is 0 Å². The van der Waals surface area contributed by atoms with Crippen LogP contribution in [0, 0.1) is 0 Å². The summed E-state index contributed by atoms with van der Waals surface area (Å²) in [7, 11) is 1.66. The highest BCUT2D eigenvalue weighted by Crippen LogP contribution is 2.03. The molecule has 0 saturated heterocycles. The van der Waals surface area contributed by atoms with Gasteiger partial charge in [0.05, 0.1) is 6.61 Å². The normalized spacial score (nSPS) is 12.0. The fourth-order valence-corrected chi connectivity index (χ4v) is 1.22. The molecule has 0 aliphatic carbocycles. The minimum absolute atomic E-state index is 0.124. The van der Waals surface area contributed by atoms with E-state index in [1.807, 2.05) is 0 Å². The summed E-state index contributed by atoms with van der Waals surface area (Å²) in [5.41, 5.74) is 0.124. The zero-order valence-corrected chi connectivity index (χ0v) is 10.5. The number of rotatable bonds is 6. The predicted octanol–water partition coefficient (Wildman–Crippen LogP) is 1.19. The van der Waals surface area contributed by atoms with Gasteiger partial charge in [-0.15, -0.1) is 10.2 Å². The molecule has 1 heterocycles. The third kappa shape index (κ3) is 5.23. The Kier molecular flexibility index (Phi) is 4.89. The zero-order chi connectivity index (χ0) is 12.0. The van der Waals surface area contributed by atoms with Gasteiger partial charge in [-0.1, -0.05) is 0 Å². The number of ether oxygens (including phenoxy) is 1. The highest BCUT2D eigenvalue weighted by atomic mass is 16.5. The molecule has 0 aliphatic rings. The minimum Gasteiger partial charge on any atom is -0.425 e. The molecule has 1 N–H and O–H groups in total. The van der Waals surface area contributed by atoms with Gasteiger partial charge in [-0.2, -0.15) is 0 Å². The Bertz CT molecular complexity index is 304. The van der Waals surface area contributed by atoms with Gasteiger partial charge in [0.15, 0.2) is 0 Å². The van der Waals surface area contributed by atoms with E-state index in [0.29, 0.717) is 24.8 Å². The molecule has 0 bridgehead atoms. The van der Waals surface area contributed by atoms with Gasteiger partial charge in [0.25, 0.3) is 0 Å². The summed E-state index contributed by atoms with van der Waals surface area (Å²) in [4.78, 5) is 0. The van der Waals surface area contributed by atoms with Gasteiger partial charge in [-0.25, -0.2) is 0 Å². The summed E-state index contributed by atoms with van der Waals surface area (Å²) in [6.45, 7) is 7.85. The molecule has 1 aromatic heterocycles. The van der Waals surface area contributed by atoms with E-state index >= 15 is 0 Å². The van der Waals surface area contributed by atoms with E-state index in [9.17, 15) is 0 Å². The van der Waals surface area contributed by atoms with Crippen LogP contribution in [-0.4, -0.2) is 36.0 Å². The summed E-state index contributed by atoms with van der Waals surface area (Å²) in [5.74, 6) is 1.33. The lowest BCUT2D eigenvalue weighted by molar-refractivity contribution is 0.194. The van der Waals surface area contributed by atoms with Gasteiger partial charge in [0, 0.05) is 32.0 Å². The molecule has 5 nitrogen and oxygen atoms in total. The molecule has 0 radical (unpaired) electrons. The molecule has 0 atom stereocenters. The largest absolute Gasteiger partial charge is 0.425 e. The summed E-state index contributed by atoms with van der Waals surface area (Å²) in [5, 5.41) is 11.3. The quantitative estimate of drug-likeness (QED) is 0.791. The summed E-state index contributed by atoms with van der Waals surface area (Å²) in [6, 6.07) is 0. The van der Waals surface area contributed by atoms with Crippen molar-refractivity contribution in [1.29, 1.82) is 0 Å². The molecule has 0 aromatic carbocycles. The van der Waals surface area contributed by atoms with Gasteiger partial charge in [0.1, 0.15) is 0 Å². The maximum atomic E-state index is 5.46. The Balaban J connectivity index is 2.29. The molecule has 1 aromatic rings.